The Morgan fingerprint density at radius 3 is 2.85 bits per heavy atom. The lowest BCUT2D eigenvalue weighted by Crippen LogP contribution is -2.39. The molecule has 0 amide bonds. The van der Waals surface area contributed by atoms with Crippen molar-refractivity contribution >= 4 is 29.9 Å². The fourth-order valence-corrected chi connectivity index (χ4v) is 2.68. The molecule has 0 aliphatic carbocycles. The number of guanidine groups is 1. The molecule has 0 bridgehead atoms. The molecule has 0 saturated heterocycles. The lowest BCUT2D eigenvalue weighted by Gasteiger charge is -2.12. The number of benzene rings is 1. The van der Waals surface area contributed by atoms with Crippen LogP contribution in [0.15, 0.2) is 35.6 Å². The Kier molecular flexibility index (Phi) is 11.5. The summed E-state index contributed by atoms with van der Waals surface area (Å²) in [6, 6.07) is 8.20. The molecule has 0 saturated carbocycles. The summed E-state index contributed by atoms with van der Waals surface area (Å²) < 4.78 is 7.33. The molecule has 1 heterocycles. The van der Waals surface area contributed by atoms with Crippen molar-refractivity contribution in [3.05, 3.63) is 42.0 Å². The minimum absolute atomic E-state index is 0. The Morgan fingerprint density at radius 1 is 1.26 bits per heavy atom. The molecule has 0 atom stereocenters. The number of methoxy groups -OCH3 is 1. The number of aliphatic imine (C=N–C) groups is 1. The van der Waals surface area contributed by atoms with E-state index < -0.39 is 0 Å². The molecule has 2 N–H and O–H groups in total. The highest BCUT2D eigenvalue weighted by molar-refractivity contribution is 14.0. The van der Waals surface area contributed by atoms with Gasteiger partial charge in [-0.2, -0.15) is 0 Å². The maximum atomic E-state index is 5.26. The molecule has 27 heavy (non-hydrogen) atoms. The summed E-state index contributed by atoms with van der Waals surface area (Å²) in [5.41, 5.74) is 1.28. The number of hydrogen-bond acceptors (Lipinski definition) is 4. The first-order chi connectivity index (χ1) is 12.8. The SMILES string of the molecule is CCNC(=NCCCc1cccc(OC)c1)NCCn1cnnc1CC.I. The van der Waals surface area contributed by atoms with Crippen LogP contribution in [0.2, 0.25) is 0 Å². The highest BCUT2D eigenvalue weighted by Crippen LogP contribution is 2.13. The summed E-state index contributed by atoms with van der Waals surface area (Å²) in [4.78, 5) is 4.66. The normalized spacial score (nSPS) is 11.0. The van der Waals surface area contributed by atoms with Crippen molar-refractivity contribution in [2.75, 3.05) is 26.7 Å². The zero-order valence-electron chi connectivity index (χ0n) is 16.4. The Bertz CT molecular complexity index is 688. The molecule has 0 aliphatic heterocycles. The van der Waals surface area contributed by atoms with Crippen LogP contribution in [0.1, 0.15) is 31.7 Å². The Balaban J connectivity index is 0.00000364. The van der Waals surface area contributed by atoms with Crippen molar-refractivity contribution < 1.29 is 4.74 Å². The van der Waals surface area contributed by atoms with Crippen molar-refractivity contribution in [2.24, 2.45) is 4.99 Å². The van der Waals surface area contributed by atoms with Crippen molar-refractivity contribution in [3.63, 3.8) is 0 Å². The summed E-state index contributed by atoms with van der Waals surface area (Å²) in [6.45, 7) is 7.38. The maximum absolute atomic E-state index is 5.26. The van der Waals surface area contributed by atoms with E-state index in [-0.39, 0.29) is 24.0 Å². The molecule has 2 rings (SSSR count). The van der Waals surface area contributed by atoms with E-state index in [9.17, 15) is 0 Å². The van der Waals surface area contributed by atoms with E-state index in [0.29, 0.717) is 0 Å². The lowest BCUT2D eigenvalue weighted by molar-refractivity contribution is 0.414. The number of halogens is 1. The van der Waals surface area contributed by atoms with Gasteiger partial charge >= 0.3 is 0 Å². The molecular formula is C19H31IN6O. The van der Waals surface area contributed by atoms with Crippen LogP contribution in [-0.4, -0.2) is 47.5 Å². The lowest BCUT2D eigenvalue weighted by atomic mass is 10.1. The van der Waals surface area contributed by atoms with Crippen LogP contribution >= 0.6 is 24.0 Å². The number of rotatable bonds is 10. The molecule has 1 aromatic heterocycles. The summed E-state index contributed by atoms with van der Waals surface area (Å²) in [5.74, 6) is 2.76. The highest BCUT2D eigenvalue weighted by atomic mass is 127. The van der Waals surface area contributed by atoms with Crippen LogP contribution in [0.25, 0.3) is 0 Å². The van der Waals surface area contributed by atoms with Gasteiger partial charge in [0.1, 0.15) is 17.9 Å². The van der Waals surface area contributed by atoms with Gasteiger partial charge in [0.25, 0.3) is 0 Å². The minimum atomic E-state index is 0. The monoisotopic (exact) mass is 486 g/mol. The van der Waals surface area contributed by atoms with Crippen LogP contribution in [0, 0.1) is 0 Å². The number of ether oxygens (including phenoxy) is 1. The second-order valence-corrected chi connectivity index (χ2v) is 5.94. The van der Waals surface area contributed by atoms with Crippen LogP contribution in [0.4, 0.5) is 0 Å². The van der Waals surface area contributed by atoms with Crippen LogP contribution in [-0.2, 0) is 19.4 Å². The third kappa shape index (κ3) is 8.15. The number of hydrogen-bond donors (Lipinski definition) is 2. The van der Waals surface area contributed by atoms with Gasteiger partial charge in [0.15, 0.2) is 5.96 Å². The standard InChI is InChI=1S/C19H30N6O.HI/c1-4-18-24-23-15-25(18)13-12-22-19(20-5-2)21-11-7-9-16-8-6-10-17(14-16)26-3;/h6,8,10,14-15H,4-5,7,9,11-13H2,1-3H3,(H2,20,21,22);1H. The average molecular weight is 486 g/mol. The van der Waals surface area contributed by atoms with Gasteiger partial charge in [-0.25, -0.2) is 0 Å². The van der Waals surface area contributed by atoms with E-state index in [1.165, 1.54) is 5.56 Å². The van der Waals surface area contributed by atoms with Gasteiger partial charge in [-0.05, 0) is 37.5 Å². The third-order valence-corrected chi connectivity index (χ3v) is 4.03. The predicted octanol–water partition coefficient (Wildman–Crippen LogP) is 2.66. The fraction of sp³-hybridized carbons (Fsp3) is 0.526. The largest absolute Gasteiger partial charge is 0.497 e. The summed E-state index contributed by atoms with van der Waals surface area (Å²) in [6.07, 6.45) is 4.65. The highest BCUT2D eigenvalue weighted by Gasteiger charge is 2.02. The molecule has 8 heteroatoms. The van der Waals surface area contributed by atoms with Gasteiger partial charge in [0.2, 0.25) is 0 Å². The maximum Gasteiger partial charge on any atom is 0.191 e. The van der Waals surface area contributed by atoms with E-state index >= 15 is 0 Å². The molecular weight excluding hydrogens is 455 g/mol. The number of aryl methyl sites for hydroxylation is 2. The van der Waals surface area contributed by atoms with Gasteiger partial charge < -0.3 is 19.9 Å². The molecule has 0 fully saturated rings. The van der Waals surface area contributed by atoms with E-state index in [0.717, 1.165) is 63.0 Å². The summed E-state index contributed by atoms with van der Waals surface area (Å²) >= 11 is 0. The molecule has 0 radical (unpaired) electrons. The quantitative estimate of drug-likeness (QED) is 0.234. The van der Waals surface area contributed by atoms with Crippen LogP contribution in [0.5, 0.6) is 5.75 Å². The Hall–Kier alpha value is -1.84. The van der Waals surface area contributed by atoms with Gasteiger partial charge in [-0.1, -0.05) is 19.1 Å². The number of aromatic nitrogens is 3. The average Bonchev–Trinajstić information content (AvgIpc) is 3.13. The van der Waals surface area contributed by atoms with Crippen molar-refractivity contribution in [3.8, 4) is 5.75 Å². The first kappa shape index (κ1) is 23.2. The topological polar surface area (TPSA) is 76.4 Å². The van der Waals surface area contributed by atoms with Crippen LogP contribution < -0.4 is 15.4 Å². The molecule has 0 unspecified atom stereocenters. The summed E-state index contributed by atoms with van der Waals surface area (Å²) in [7, 11) is 1.70. The first-order valence-electron chi connectivity index (χ1n) is 9.28. The smallest absolute Gasteiger partial charge is 0.191 e. The summed E-state index contributed by atoms with van der Waals surface area (Å²) in [5, 5.41) is 14.7. The second-order valence-electron chi connectivity index (χ2n) is 5.94. The molecule has 7 nitrogen and oxygen atoms in total. The van der Waals surface area contributed by atoms with E-state index in [1.54, 1.807) is 13.4 Å². The molecule has 1 aromatic carbocycles. The number of nitrogens with zero attached hydrogens (tertiary/aromatic N) is 4. The first-order valence-corrected chi connectivity index (χ1v) is 9.28. The second kappa shape index (κ2) is 13.3. The van der Waals surface area contributed by atoms with Crippen molar-refractivity contribution in [2.45, 2.75) is 39.7 Å². The zero-order chi connectivity index (χ0) is 18.6. The van der Waals surface area contributed by atoms with E-state index in [2.05, 4.69) is 56.4 Å². The van der Waals surface area contributed by atoms with Crippen LogP contribution in [0.3, 0.4) is 0 Å². The zero-order valence-corrected chi connectivity index (χ0v) is 18.8. The Morgan fingerprint density at radius 2 is 2.11 bits per heavy atom. The van der Waals surface area contributed by atoms with E-state index in [4.69, 9.17) is 4.74 Å². The van der Waals surface area contributed by atoms with Gasteiger partial charge in [0, 0.05) is 32.6 Å². The third-order valence-electron chi connectivity index (χ3n) is 4.03. The minimum Gasteiger partial charge on any atom is -0.497 e. The molecule has 0 aliphatic rings. The predicted molar refractivity (Wildman–Crippen MR) is 120 cm³/mol. The fourth-order valence-electron chi connectivity index (χ4n) is 2.68. The van der Waals surface area contributed by atoms with E-state index in [1.807, 2.05) is 12.1 Å². The molecule has 2 aromatic rings. The Labute approximate surface area is 179 Å². The van der Waals surface area contributed by atoms with Gasteiger partial charge in [-0.3, -0.25) is 4.99 Å². The number of nitrogens with one attached hydrogen (secondary N) is 2. The van der Waals surface area contributed by atoms with Gasteiger partial charge in [-0.15, -0.1) is 34.2 Å². The molecule has 150 valence electrons. The van der Waals surface area contributed by atoms with Crippen molar-refractivity contribution in [1.29, 1.82) is 0 Å². The van der Waals surface area contributed by atoms with Gasteiger partial charge in [0.05, 0.1) is 7.11 Å². The van der Waals surface area contributed by atoms with Crippen molar-refractivity contribution in [1.82, 2.24) is 25.4 Å². The molecule has 0 spiro atoms.